The summed E-state index contributed by atoms with van der Waals surface area (Å²) in [6, 6.07) is 39.1. The van der Waals surface area contributed by atoms with Crippen molar-refractivity contribution >= 4 is 43.6 Å². The molecule has 0 N–H and O–H groups in total. The molecule has 0 aliphatic heterocycles. The first-order chi connectivity index (χ1) is 31.9. The lowest BCUT2D eigenvalue weighted by Gasteiger charge is -2.12. The maximum absolute atomic E-state index is 9.86. The van der Waals surface area contributed by atoms with Crippen LogP contribution in [0.1, 0.15) is 13.7 Å². The Bertz CT molecular complexity index is 3820. The van der Waals surface area contributed by atoms with Crippen molar-refractivity contribution in [1.82, 2.24) is 24.1 Å². The predicted molar refractivity (Wildman–Crippen MR) is 230 cm³/mol. The molecule has 56 heavy (non-hydrogen) atoms. The molecule has 0 unspecified atom stereocenters. The molecular weight excluding hydrogens is 683 g/mol. The van der Waals surface area contributed by atoms with E-state index in [-0.39, 0.29) is 67.3 Å². The van der Waals surface area contributed by atoms with Gasteiger partial charge in [0.15, 0.2) is 11.6 Å². The Balaban J connectivity index is 1.35. The Morgan fingerprint density at radius 2 is 0.911 bits per heavy atom. The van der Waals surface area contributed by atoms with Crippen molar-refractivity contribution in [2.75, 3.05) is 0 Å². The minimum atomic E-state index is -0.547. The maximum Gasteiger partial charge on any atom is 0.238 e. The van der Waals surface area contributed by atoms with Crippen molar-refractivity contribution < 1.29 is 13.7 Å². The molecular formula is C51H33N5. The largest absolute Gasteiger partial charge is 0.309 e. The molecule has 262 valence electrons. The summed E-state index contributed by atoms with van der Waals surface area (Å²) < 4.78 is 95.8. The molecule has 11 rings (SSSR count). The average Bonchev–Trinajstić information content (AvgIpc) is 3.91. The number of nitrogens with zero attached hydrogens (tertiary/aromatic N) is 5. The van der Waals surface area contributed by atoms with Gasteiger partial charge >= 0.3 is 0 Å². The third-order valence-electron chi connectivity index (χ3n) is 10.0. The number of para-hydroxylation sites is 2. The minimum Gasteiger partial charge on any atom is -0.309 e. The van der Waals surface area contributed by atoms with Crippen LogP contribution < -0.4 is 0 Å². The minimum absolute atomic E-state index is 0.00430. The van der Waals surface area contributed by atoms with Crippen LogP contribution in [0.4, 0.5) is 0 Å². The van der Waals surface area contributed by atoms with E-state index >= 15 is 0 Å². The van der Waals surface area contributed by atoms with Gasteiger partial charge in [-0.1, -0.05) is 164 Å². The average molecular weight is 726 g/mol. The Kier molecular flexibility index (Phi) is 5.41. The first-order valence-electron chi connectivity index (χ1n) is 23.1. The highest BCUT2D eigenvalue weighted by atomic mass is 15.2. The molecule has 5 nitrogen and oxygen atoms in total. The van der Waals surface area contributed by atoms with Gasteiger partial charge in [0.05, 0.1) is 35.8 Å². The van der Waals surface area contributed by atoms with E-state index in [0.29, 0.717) is 16.8 Å². The second-order valence-electron chi connectivity index (χ2n) is 13.3. The van der Waals surface area contributed by atoms with Crippen LogP contribution in [0.15, 0.2) is 200 Å². The van der Waals surface area contributed by atoms with Crippen LogP contribution >= 0.6 is 0 Å². The van der Waals surface area contributed by atoms with Crippen molar-refractivity contribution in [2.24, 2.45) is 0 Å². The van der Waals surface area contributed by atoms with E-state index in [1.807, 2.05) is 133 Å². The van der Waals surface area contributed by atoms with Gasteiger partial charge in [-0.3, -0.25) is 4.57 Å². The quantitative estimate of drug-likeness (QED) is 0.171. The van der Waals surface area contributed by atoms with Crippen LogP contribution in [0.5, 0.6) is 0 Å². The second kappa shape index (κ2) is 13.0. The van der Waals surface area contributed by atoms with Crippen molar-refractivity contribution in [2.45, 2.75) is 0 Å². The van der Waals surface area contributed by atoms with E-state index in [2.05, 4.69) is 0 Å². The summed E-state index contributed by atoms with van der Waals surface area (Å²) in [6.45, 7) is 0. The van der Waals surface area contributed by atoms with Gasteiger partial charge in [-0.2, -0.15) is 9.97 Å². The van der Waals surface area contributed by atoms with E-state index < -0.39 is 54.4 Å². The zero-order valence-corrected chi connectivity index (χ0v) is 29.5. The van der Waals surface area contributed by atoms with Crippen LogP contribution in [0.2, 0.25) is 0 Å². The topological polar surface area (TPSA) is 48.5 Å². The molecule has 0 aliphatic carbocycles. The van der Waals surface area contributed by atoms with Crippen LogP contribution in [0, 0.1) is 0 Å². The van der Waals surface area contributed by atoms with Gasteiger partial charge in [0.25, 0.3) is 0 Å². The lowest BCUT2D eigenvalue weighted by Crippen LogP contribution is -2.06. The molecule has 0 radical (unpaired) electrons. The Morgan fingerprint density at radius 3 is 1.61 bits per heavy atom. The summed E-state index contributed by atoms with van der Waals surface area (Å²) in [5.74, 6) is 0.395. The highest BCUT2D eigenvalue weighted by Crippen LogP contribution is 2.42. The molecule has 0 saturated carbocycles. The smallest absolute Gasteiger partial charge is 0.238 e. The van der Waals surface area contributed by atoms with Gasteiger partial charge in [-0.15, -0.1) is 0 Å². The molecule has 11 aromatic rings. The van der Waals surface area contributed by atoms with E-state index in [1.54, 1.807) is 10.6 Å². The summed E-state index contributed by atoms with van der Waals surface area (Å²) in [4.78, 5) is 14.9. The molecule has 5 heteroatoms. The normalized spacial score (nSPS) is 14.1. The molecule has 0 fully saturated rings. The van der Waals surface area contributed by atoms with Crippen LogP contribution in [0.25, 0.3) is 100 Å². The lowest BCUT2D eigenvalue weighted by molar-refractivity contribution is 0.953. The number of hydrogen-bond donors (Lipinski definition) is 0. The fourth-order valence-corrected chi connectivity index (χ4v) is 7.51. The first kappa shape index (κ1) is 23.2. The van der Waals surface area contributed by atoms with E-state index in [9.17, 15) is 8.22 Å². The molecule has 0 amide bonds. The Morgan fingerprint density at radius 1 is 0.375 bits per heavy atom. The number of fused-ring (bicyclic) bond motifs is 7. The van der Waals surface area contributed by atoms with Crippen LogP contribution in [0.3, 0.4) is 0 Å². The highest BCUT2D eigenvalue weighted by molar-refractivity contribution is 6.26. The number of rotatable bonds is 6. The van der Waals surface area contributed by atoms with Crippen LogP contribution in [-0.2, 0) is 0 Å². The van der Waals surface area contributed by atoms with Gasteiger partial charge in [-0.25, -0.2) is 4.98 Å². The third kappa shape index (κ3) is 5.21. The Hall–Kier alpha value is -7.63. The third-order valence-corrected chi connectivity index (χ3v) is 10.0. The fraction of sp³-hybridized carbons (Fsp3) is 0. The van der Waals surface area contributed by atoms with Crippen molar-refractivity contribution in [3.8, 4) is 56.7 Å². The summed E-state index contributed by atoms with van der Waals surface area (Å²) in [5.41, 5.74) is 5.32. The lowest BCUT2D eigenvalue weighted by atomic mass is 10.0. The summed E-state index contributed by atoms with van der Waals surface area (Å²) in [5, 5.41) is 0.114. The summed E-state index contributed by atoms with van der Waals surface area (Å²) in [7, 11) is 0. The first-order valence-corrected chi connectivity index (χ1v) is 18.1. The fourth-order valence-electron chi connectivity index (χ4n) is 7.51. The molecule has 0 spiro atoms. The van der Waals surface area contributed by atoms with Gasteiger partial charge in [-0.05, 0) is 58.6 Å². The molecule has 0 bridgehead atoms. The van der Waals surface area contributed by atoms with E-state index in [4.69, 9.17) is 20.4 Å². The number of benzene rings is 8. The molecule has 3 aromatic heterocycles. The van der Waals surface area contributed by atoms with Gasteiger partial charge in [0, 0.05) is 38.4 Å². The summed E-state index contributed by atoms with van der Waals surface area (Å²) in [6.07, 6.45) is 0. The second-order valence-corrected chi connectivity index (χ2v) is 13.3. The maximum atomic E-state index is 9.86. The van der Waals surface area contributed by atoms with Gasteiger partial charge in [0.1, 0.15) is 0 Å². The molecule has 8 aromatic carbocycles. The van der Waals surface area contributed by atoms with Gasteiger partial charge in [0.2, 0.25) is 5.95 Å². The highest BCUT2D eigenvalue weighted by Gasteiger charge is 2.23. The van der Waals surface area contributed by atoms with Crippen molar-refractivity contribution in [3.63, 3.8) is 0 Å². The number of aromatic nitrogens is 5. The van der Waals surface area contributed by atoms with Crippen molar-refractivity contribution in [1.29, 1.82) is 0 Å². The zero-order chi connectivity index (χ0) is 45.7. The SMILES string of the molecule is [2H]c1c([2H])c([2H])c2c(c1[2H])c1c(c([2H])c([2H])c3c4c([2H])c([2H])c([2H])c([2H])c4n(-c4cccc(-c5ccccc5)c4)c31)n2-c1nc(-c2ccccc2)nc(-c2cccc(-c3ccccc3)c2)n1. The monoisotopic (exact) mass is 725 g/mol. The van der Waals surface area contributed by atoms with Crippen LogP contribution in [-0.4, -0.2) is 24.1 Å². The van der Waals surface area contributed by atoms with E-state index in [0.717, 1.165) is 22.3 Å². The predicted octanol–water partition coefficient (Wildman–Crippen LogP) is 12.7. The molecule has 3 heterocycles. The van der Waals surface area contributed by atoms with Gasteiger partial charge < -0.3 is 4.57 Å². The molecule has 0 aliphatic rings. The zero-order valence-electron chi connectivity index (χ0n) is 39.5. The summed E-state index contributed by atoms with van der Waals surface area (Å²) >= 11 is 0. The van der Waals surface area contributed by atoms with Crippen molar-refractivity contribution in [3.05, 3.63) is 200 Å². The molecule has 0 atom stereocenters. The molecule has 0 saturated heterocycles. The standard InChI is InChI=1S/C51H33N5/c1-4-16-34(17-5-1)37-22-14-24-39(32-37)50-52-49(36-20-8-3-9-21-36)53-51(54-50)56-45-29-13-11-27-43(45)47-46(56)31-30-42-41-26-10-12-28-44(41)55(48(42)47)40-25-15-23-38(33-40)35-18-6-2-7-19-35/h1-33H/i10D,11D,12D,13D,26D,27D,28D,29D,30D,31D. The number of hydrogen-bond acceptors (Lipinski definition) is 3. The van der Waals surface area contributed by atoms with E-state index in [1.165, 1.54) is 4.57 Å². The Labute approximate surface area is 337 Å².